The molecule has 0 aromatic rings. The van der Waals surface area contributed by atoms with Crippen LogP contribution in [-0.4, -0.2) is 75.0 Å². The molecule has 7 fully saturated rings. The molecule has 180 valence electrons. The predicted octanol–water partition coefficient (Wildman–Crippen LogP) is 1.20. The minimum Gasteiger partial charge on any atom is -0.390 e. The van der Waals surface area contributed by atoms with Gasteiger partial charge in [-0.1, -0.05) is 33.1 Å². The van der Waals surface area contributed by atoms with Crippen molar-refractivity contribution >= 4 is 0 Å². The van der Waals surface area contributed by atoms with E-state index >= 15 is 0 Å². The first-order valence-corrected chi connectivity index (χ1v) is 13.0. The van der Waals surface area contributed by atoms with Gasteiger partial charge in [0.05, 0.1) is 36.6 Å². The van der Waals surface area contributed by atoms with E-state index in [0.717, 1.165) is 25.7 Å². The van der Waals surface area contributed by atoms with Gasteiger partial charge in [-0.25, -0.2) is 0 Å². The third-order valence-electron chi connectivity index (χ3n) is 11.6. The normalized spacial score (nSPS) is 63.6. The molecule has 0 amide bonds. The Morgan fingerprint density at radius 1 is 1.09 bits per heavy atom. The number of hydrogen-bond acceptors (Lipinski definition) is 7. The van der Waals surface area contributed by atoms with Crippen LogP contribution in [0.5, 0.6) is 0 Å². The third kappa shape index (κ3) is 2.19. The minimum absolute atomic E-state index is 0.0802. The highest BCUT2D eigenvalue weighted by Crippen LogP contribution is 2.78. The molecular formula is C25H38O7. The first kappa shape index (κ1) is 21.0. The van der Waals surface area contributed by atoms with Gasteiger partial charge >= 0.3 is 0 Å². The van der Waals surface area contributed by atoms with Crippen molar-refractivity contribution in [3.05, 3.63) is 0 Å². The summed E-state index contributed by atoms with van der Waals surface area (Å²) in [5, 5.41) is 46.2. The third-order valence-corrected chi connectivity index (χ3v) is 11.6. The Bertz CT molecular complexity index is 801. The van der Waals surface area contributed by atoms with Crippen molar-refractivity contribution in [2.24, 2.45) is 40.9 Å². The molecular weight excluding hydrogens is 412 g/mol. The number of fused-ring (bicyclic) bond motifs is 2. The molecule has 7 nitrogen and oxygen atoms in total. The number of aliphatic hydroxyl groups excluding tert-OH is 3. The molecule has 7 aliphatic rings. The maximum absolute atomic E-state index is 12.3. The van der Waals surface area contributed by atoms with Gasteiger partial charge in [0.1, 0.15) is 11.7 Å². The number of epoxide rings is 1. The van der Waals surface area contributed by atoms with Gasteiger partial charge in [0.15, 0.2) is 6.29 Å². The SMILES string of the molecule is CC1C2CC3(O)[C@H](OC(O)C4CCCCC4)C4C5COC5CC(O)C45OC5C(O)C1[C@@]23C. The Morgan fingerprint density at radius 2 is 1.84 bits per heavy atom. The molecule has 5 aliphatic carbocycles. The molecule has 2 heterocycles. The van der Waals surface area contributed by atoms with E-state index in [0.29, 0.717) is 25.4 Å². The van der Waals surface area contributed by atoms with Gasteiger partial charge in [0, 0.05) is 29.6 Å². The summed E-state index contributed by atoms with van der Waals surface area (Å²) in [7, 11) is 0. The van der Waals surface area contributed by atoms with Crippen molar-refractivity contribution in [3.63, 3.8) is 0 Å². The van der Waals surface area contributed by atoms with Crippen molar-refractivity contribution in [2.45, 2.75) is 107 Å². The highest BCUT2D eigenvalue weighted by Gasteiger charge is 2.87. The Morgan fingerprint density at radius 3 is 2.53 bits per heavy atom. The molecule has 12 unspecified atom stereocenters. The van der Waals surface area contributed by atoms with Gasteiger partial charge in [-0.2, -0.15) is 0 Å². The predicted molar refractivity (Wildman–Crippen MR) is 112 cm³/mol. The molecule has 7 heteroatoms. The zero-order valence-electron chi connectivity index (χ0n) is 19.1. The molecule has 5 saturated carbocycles. The Hall–Kier alpha value is -0.280. The van der Waals surface area contributed by atoms with Crippen LogP contribution in [-0.2, 0) is 14.2 Å². The molecule has 1 spiro atoms. The largest absolute Gasteiger partial charge is 0.390 e. The minimum atomic E-state index is -1.16. The zero-order chi connectivity index (χ0) is 22.2. The molecule has 7 rings (SSSR count). The van der Waals surface area contributed by atoms with E-state index in [1.165, 1.54) is 6.42 Å². The van der Waals surface area contributed by atoms with Crippen LogP contribution < -0.4 is 0 Å². The molecule has 0 bridgehead atoms. The van der Waals surface area contributed by atoms with Gasteiger partial charge in [-0.15, -0.1) is 0 Å². The van der Waals surface area contributed by atoms with Crippen molar-refractivity contribution in [1.82, 2.24) is 0 Å². The highest BCUT2D eigenvalue weighted by atomic mass is 16.7. The van der Waals surface area contributed by atoms with E-state index in [1.807, 2.05) is 0 Å². The lowest BCUT2D eigenvalue weighted by atomic mass is 9.28. The lowest BCUT2D eigenvalue weighted by molar-refractivity contribution is -0.399. The molecule has 0 aromatic heterocycles. The van der Waals surface area contributed by atoms with Crippen LogP contribution in [0.2, 0.25) is 0 Å². The maximum Gasteiger partial charge on any atom is 0.157 e. The van der Waals surface area contributed by atoms with Crippen molar-refractivity contribution in [2.75, 3.05) is 6.61 Å². The van der Waals surface area contributed by atoms with Gasteiger partial charge in [0.25, 0.3) is 0 Å². The second-order valence-electron chi connectivity index (χ2n) is 12.4. The number of rotatable bonds is 3. The van der Waals surface area contributed by atoms with E-state index in [4.69, 9.17) is 14.2 Å². The van der Waals surface area contributed by atoms with Crippen LogP contribution in [0.25, 0.3) is 0 Å². The molecule has 14 atom stereocenters. The highest BCUT2D eigenvalue weighted by molar-refractivity contribution is 5.35. The smallest absolute Gasteiger partial charge is 0.157 e. The van der Waals surface area contributed by atoms with E-state index in [-0.39, 0.29) is 35.7 Å². The second-order valence-corrected chi connectivity index (χ2v) is 12.4. The summed E-state index contributed by atoms with van der Waals surface area (Å²) >= 11 is 0. The summed E-state index contributed by atoms with van der Waals surface area (Å²) < 4.78 is 18.6. The molecule has 0 radical (unpaired) electrons. The fraction of sp³-hybridized carbons (Fsp3) is 1.00. The van der Waals surface area contributed by atoms with Gasteiger partial charge in [-0.05, 0) is 37.0 Å². The molecule has 32 heavy (non-hydrogen) atoms. The second kappa shape index (κ2) is 6.48. The summed E-state index contributed by atoms with van der Waals surface area (Å²) in [5.41, 5.74) is -2.54. The summed E-state index contributed by atoms with van der Waals surface area (Å²) in [6.07, 6.45) is 2.80. The van der Waals surface area contributed by atoms with Gasteiger partial charge in [0.2, 0.25) is 0 Å². The average molecular weight is 451 g/mol. The van der Waals surface area contributed by atoms with E-state index in [2.05, 4.69) is 13.8 Å². The van der Waals surface area contributed by atoms with Crippen LogP contribution in [0.15, 0.2) is 0 Å². The van der Waals surface area contributed by atoms with Crippen LogP contribution in [0.4, 0.5) is 0 Å². The van der Waals surface area contributed by atoms with Crippen molar-refractivity contribution < 1.29 is 34.6 Å². The summed E-state index contributed by atoms with van der Waals surface area (Å²) in [6, 6.07) is 0. The summed E-state index contributed by atoms with van der Waals surface area (Å²) in [4.78, 5) is 0. The summed E-state index contributed by atoms with van der Waals surface area (Å²) in [5.74, 6) is 0.396. The van der Waals surface area contributed by atoms with Gasteiger partial charge in [-0.3, -0.25) is 0 Å². The molecule has 2 aliphatic heterocycles. The van der Waals surface area contributed by atoms with E-state index in [9.17, 15) is 20.4 Å². The standard InChI is InChI=1S/C25H38O7/c1-11-14-9-24(29)20(31-22(28)12-6-4-3-5-7-12)18-13-10-30-15(13)8-16(26)25(18)21(32-25)19(27)17(11)23(14,24)2/h11-22,26-29H,3-10H2,1-2H3/t11?,13?,14?,15?,16?,17?,18?,19?,20-,21?,22?,23-,24?,25?/m1/s1. The number of aliphatic hydroxyl groups is 4. The Kier molecular flexibility index (Phi) is 4.26. The summed E-state index contributed by atoms with van der Waals surface area (Å²) in [6.45, 7) is 4.81. The fourth-order valence-corrected chi connectivity index (χ4v) is 9.76. The number of ether oxygens (including phenoxy) is 3. The van der Waals surface area contributed by atoms with Crippen molar-refractivity contribution in [3.8, 4) is 0 Å². The average Bonchev–Trinajstić information content (AvgIpc) is 3.52. The first-order chi connectivity index (χ1) is 15.2. The van der Waals surface area contributed by atoms with Crippen LogP contribution in [0, 0.1) is 40.9 Å². The molecule has 2 saturated heterocycles. The quantitative estimate of drug-likeness (QED) is 0.378. The Labute approximate surface area is 189 Å². The lowest BCUT2D eigenvalue weighted by Gasteiger charge is -2.78. The monoisotopic (exact) mass is 450 g/mol. The Balaban J connectivity index is 1.31. The van der Waals surface area contributed by atoms with Crippen LogP contribution in [0.3, 0.4) is 0 Å². The van der Waals surface area contributed by atoms with Gasteiger partial charge < -0.3 is 34.6 Å². The zero-order valence-corrected chi connectivity index (χ0v) is 19.1. The van der Waals surface area contributed by atoms with E-state index < -0.39 is 47.3 Å². The topological polar surface area (TPSA) is 112 Å². The molecule has 4 N–H and O–H groups in total. The maximum atomic E-state index is 12.3. The van der Waals surface area contributed by atoms with Crippen LogP contribution in [0.1, 0.15) is 58.8 Å². The first-order valence-electron chi connectivity index (χ1n) is 13.0. The molecule has 0 aromatic carbocycles. The number of hydrogen-bond donors (Lipinski definition) is 4. The fourth-order valence-electron chi connectivity index (χ4n) is 9.76. The van der Waals surface area contributed by atoms with Crippen LogP contribution >= 0.6 is 0 Å². The lowest BCUT2D eigenvalue weighted by Crippen LogP contribution is -2.85. The van der Waals surface area contributed by atoms with Crippen molar-refractivity contribution in [1.29, 1.82) is 0 Å². The van der Waals surface area contributed by atoms with E-state index in [1.54, 1.807) is 0 Å².